The first kappa shape index (κ1) is 19.7. The number of nitrogens with zero attached hydrogens (tertiary/aromatic N) is 1. The molecule has 2 amide bonds. The molecule has 0 unspecified atom stereocenters. The summed E-state index contributed by atoms with van der Waals surface area (Å²) in [4.78, 5) is 29.3. The smallest absolute Gasteiger partial charge is 0.239 e. The predicted molar refractivity (Wildman–Crippen MR) is 128 cm³/mol. The molecule has 1 fully saturated rings. The van der Waals surface area contributed by atoms with E-state index in [0.29, 0.717) is 10.7 Å². The standard InChI is InChI=1S/C25H16Br2ClNO2/c1-13-10-11-14(28)12-19(13)29-22(30)20-21(23(29)31)25(27)16-7-3-2-6-15(16)24(20,26)17-8-4-5-9-18(17)25/h2-12,20-21H,1H3/t20-,21-,24?,25?/m1/s1. The van der Waals surface area contributed by atoms with Gasteiger partial charge in [0.15, 0.2) is 0 Å². The minimum Gasteiger partial charge on any atom is -0.274 e. The van der Waals surface area contributed by atoms with Crippen LogP contribution in [0.2, 0.25) is 5.02 Å². The molecular formula is C25H16Br2ClNO2. The van der Waals surface area contributed by atoms with Gasteiger partial charge in [0.25, 0.3) is 0 Å². The highest BCUT2D eigenvalue weighted by atomic mass is 79.9. The second kappa shape index (κ2) is 6.31. The van der Waals surface area contributed by atoms with Crippen molar-refractivity contribution in [3.8, 4) is 0 Å². The molecule has 0 saturated carbocycles. The van der Waals surface area contributed by atoms with Crippen molar-refractivity contribution >= 4 is 61.0 Å². The fraction of sp³-hybridized carbons (Fsp3) is 0.200. The summed E-state index contributed by atoms with van der Waals surface area (Å²) in [5, 5.41) is 0.493. The van der Waals surface area contributed by atoms with Crippen molar-refractivity contribution in [3.05, 3.63) is 99.6 Å². The summed E-state index contributed by atoms with van der Waals surface area (Å²) in [5.74, 6) is -1.57. The van der Waals surface area contributed by atoms with Gasteiger partial charge in [-0.3, -0.25) is 9.59 Å². The Balaban J connectivity index is 1.67. The van der Waals surface area contributed by atoms with E-state index in [2.05, 4.69) is 56.1 Å². The number of hydrogen-bond donors (Lipinski definition) is 0. The van der Waals surface area contributed by atoms with Crippen LogP contribution in [0.5, 0.6) is 0 Å². The van der Waals surface area contributed by atoms with Crippen LogP contribution >= 0.6 is 43.5 Å². The number of hydrogen-bond acceptors (Lipinski definition) is 2. The third-order valence-electron chi connectivity index (χ3n) is 7.00. The lowest BCUT2D eigenvalue weighted by Gasteiger charge is -2.55. The average Bonchev–Trinajstić information content (AvgIpc) is 3.05. The molecule has 1 saturated heterocycles. The zero-order valence-corrected chi connectivity index (χ0v) is 20.3. The molecule has 6 heteroatoms. The molecule has 3 nitrogen and oxygen atoms in total. The number of carbonyl (C=O) groups is 2. The van der Waals surface area contributed by atoms with E-state index in [1.807, 2.05) is 37.3 Å². The van der Waals surface area contributed by atoms with Gasteiger partial charge in [0.1, 0.15) is 0 Å². The van der Waals surface area contributed by atoms with Crippen molar-refractivity contribution in [1.82, 2.24) is 0 Å². The zero-order valence-electron chi connectivity index (χ0n) is 16.4. The van der Waals surface area contributed by atoms with Crippen LogP contribution in [0, 0.1) is 18.8 Å². The van der Waals surface area contributed by atoms with E-state index in [1.54, 1.807) is 12.1 Å². The molecule has 3 aliphatic carbocycles. The van der Waals surface area contributed by atoms with Crippen molar-refractivity contribution in [2.24, 2.45) is 11.8 Å². The van der Waals surface area contributed by atoms with Gasteiger partial charge in [0.2, 0.25) is 11.8 Å². The monoisotopic (exact) mass is 555 g/mol. The van der Waals surface area contributed by atoms with Gasteiger partial charge in [-0.15, -0.1) is 0 Å². The van der Waals surface area contributed by atoms with Crippen LogP contribution in [-0.2, 0) is 18.2 Å². The lowest BCUT2D eigenvalue weighted by Crippen LogP contribution is -2.56. The number of imide groups is 1. The second-order valence-corrected chi connectivity index (χ2v) is 11.4. The lowest BCUT2D eigenvalue weighted by atomic mass is 9.54. The number of benzene rings is 3. The Hall–Kier alpha value is -1.95. The molecule has 2 atom stereocenters. The minimum atomic E-state index is -0.783. The first-order chi connectivity index (χ1) is 14.8. The molecule has 7 rings (SSSR count). The molecule has 3 aromatic carbocycles. The number of carbonyl (C=O) groups excluding carboxylic acids is 2. The summed E-state index contributed by atoms with van der Waals surface area (Å²) >= 11 is 14.3. The van der Waals surface area contributed by atoms with Gasteiger partial charge in [0, 0.05) is 5.02 Å². The van der Waals surface area contributed by atoms with Crippen molar-refractivity contribution in [2.75, 3.05) is 4.90 Å². The van der Waals surface area contributed by atoms with Gasteiger partial charge in [-0.05, 0) is 46.9 Å². The Morgan fingerprint density at radius 2 is 1.19 bits per heavy atom. The average molecular weight is 558 g/mol. The molecule has 4 aliphatic rings. The molecular weight excluding hydrogens is 542 g/mol. The zero-order chi connectivity index (χ0) is 21.7. The Morgan fingerprint density at radius 3 is 1.61 bits per heavy atom. The van der Waals surface area contributed by atoms with Crippen molar-refractivity contribution < 1.29 is 9.59 Å². The van der Waals surface area contributed by atoms with Crippen LogP contribution in [0.3, 0.4) is 0 Å². The molecule has 0 aromatic heterocycles. The summed E-state index contributed by atoms with van der Waals surface area (Å²) in [6, 6.07) is 21.5. The number of anilines is 1. The Kier molecular flexibility index (Phi) is 4.01. The molecule has 1 aliphatic heterocycles. The maximum absolute atomic E-state index is 14.0. The lowest BCUT2D eigenvalue weighted by molar-refractivity contribution is -0.122. The second-order valence-electron chi connectivity index (χ2n) is 8.41. The van der Waals surface area contributed by atoms with Gasteiger partial charge in [-0.25, -0.2) is 4.90 Å². The Bertz CT molecular complexity index is 1200. The summed E-state index contributed by atoms with van der Waals surface area (Å²) < 4.78 is -1.57. The summed E-state index contributed by atoms with van der Waals surface area (Å²) in [5.41, 5.74) is 5.49. The third kappa shape index (κ3) is 2.20. The fourth-order valence-electron chi connectivity index (χ4n) is 5.73. The molecule has 3 aromatic rings. The predicted octanol–water partition coefficient (Wildman–Crippen LogP) is 6.06. The summed E-state index contributed by atoms with van der Waals surface area (Å²) in [6.45, 7) is 1.89. The van der Waals surface area contributed by atoms with Gasteiger partial charge < -0.3 is 0 Å². The minimum absolute atomic E-state index is 0.204. The molecule has 1 heterocycles. The topological polar surface area (TPSA) is 37.4 Å². The first-order valence-corrected chi connectivity index (χ1v) is 12.0. The Labute approximate surface area is 201 Å². The quantitative estimate of drug-likeness (QED) is 0.270. The Morgan fingerprint density at radius 1 is 0.774 bits per heavy atom. The van der Waals surface area contributed by atoms with Crippen molar-refractivity contribution in [2.45, 2.75) is 15.6 Å². The van der Waals surface area contributed by atoms with Crippen LogP contribution in [-0.4, -0.2) is 11.8 Å². The number of aryl methyl sites for hydroxylation is 1. The number of halogens is 3. The van der Waals surface area contributed by atoms with Crippen LogP contribution in [0.1, 0.15) is 27.8 Å². The third-order valence-corrected chi connectivity index (χ3v) is 9.93. The maximum Gasteiger partial charge on any atom is 0.239 e. The van der Waals surface area contributed by atoms with E-state index in [9.17, 15) is 9.59 Å². The van der Waals surface area contributed by atoms with Gasteiger partial charge in [-0.2, -0.15) is 0 Å². The molecule has 31 heavy (non-hydrogen) atoms. The van der Waals surface area contributed by atoms with Crippen molar-refractivity contribution in [3.63, 3.8) is 0 Å². The number of alkyl halides is 2. The maximum atomic E-state index is 14.0. The number of amides is 2. The SMILES string of the molecule is Cc1ccc(Cl)cc1N1C(=O)[C@H]2[C@H](C1=O)C1(Br)c3ccccc3C2(Br)c2ccccc21. The van der Waals surface area contributed by atoms with E-state index >= 15 is 0 Å². The molecule has 0 N–H and O–H groups in total. The normalized spacial score (nSPS) is 30.3. The van der Waals surface area contributed by atoms with Crippen molar-refractivity contribution in [1.29, 1.82) is 0 Å². The van der Waals surface area contributed by atoms with Crippen LogP contribution in [0.25, 0.3) is 0 Å². The van der Waals surface area contributed by atoms with E-state index in [0.717, 1.165) is 27.8 Å². The van der Waals surface area contributed by atoms with E-state index in [-0.39, 0.29) is 11.8 Å². The first-order valence-electron chi connectivity index (χ1n) is 10.0. The van der Waals surface area contributed by atoms with Gasteiger partial charge in [0.05, 0.1) is 26.2 Å². The molecule has 154 valence electrons. The van der Waals surface area contributed by atoms with E-state index in [1.165, 1.54) is 4.90 Å². The summed E-state index contributed by atoms with van der Waals surface area (Å²) in [7, 11) is 0. The molecule has 0 spiro atoms. The van der Waals surface area contributed by atoms with Gasteiger partial charge in [-0.1, -0.05) is 98.1 Å². The van der Waals surface area contributed by atoms with Gasteiger partial charge >= 0.3 is 0 Å². The molecule has 2 bridgehead atoms. The molecule has 0 radical (unpaired) electrons. The highest BCUT2D eigenvalue weighted by Gasteiger charge is 2.72. The fourth-order valence-corrected chi connectivity index (χ4v) is 8.20. The van der Waals surface area contributed by atoms with Crippen LogP contribution in [0.4, 0.5) is 5.69 Å². The largest absolute Gasteiger partial charge is 0.274 e. The van der Waals surface area contributed by atoms with Crippen LogP contribution < -0.4 is 4.90 Å². The number of rotatable bonds is 1. The van der Waals surface area contributed by atoms with Crippen LogP contribution in [0.15, 0.2) is 66.7 Å². The highest BCUT2D eigenvalue weighted by molar-refractivity contribution is 9.10. The highest BCUT2D eigenvalue weighted by Crippen LogP contribution is 2.70. The van der Waals surface area contributed by atoms with E-state index < -0.39 is 20.5 Å². The van der Waals surface area contributed by atoms with E-state index in [4.69, 9.17) is 11.6 Å². The summed E-state index contributed by atoms with van der Waals surface area (Å²) in [6.07, 6.45) is 0.